The van der Waals surface area contributed by atoms with Gasteiger partial charge in [-0.1, -0.05) is 47.6 Å². The number of halogens is 5. The smallest absolute Gasteiger partial charge is 0.417 e. The van der Waals surface area contributed by atoms with Crippen molar-refractivity contribution in [3.8, 4) is 34.0 Å². The Morgan fingerprint density at radius 1 is 1.00 bits per heavy atom. The van der Waals surface area contributed by atoms with E-state index in [0.29, 0.717) is 11.1 Å². The number of aromatic nitrogens is 2. The molecule has 0 radical (unpaired) electrons. The third-order valence-corrected chi connectivity index (χ3v) is 6.00. The van der Waals surface area contributed by atoms with Gasteiger partial charge in [0.25, 0.3) is 5.89 Å². The molecule has 0 aliphatic heterocycles. The normalized spacial score (nSPS) is 11.8. The van der Waals surface area contributed by atoms with Crippen LogP contribution >= 0.6 is 12.4 Å². The van der Waals surface area contributed by atoms with Crippen LogP contribution < -0.4 is 5.32 Å². The summed E-state index contributed by atoms with van der Waals surface area (Å²) in [4.78, 5) is 15.4. The molecule has 0 aliphatic rings. The number of alkyl halides is 3. The van der Waals surface area contributed by atoms with E-state index in [2.05, 4.69) is 15.5 Å². The third kappa shape index (κ3) is 6.03. The van der Waals surface area contributed by atoms with Gasteiger partial charge in [0.1, 0.15) is 11.4 Å². The fourth-order valence-corrected chi connectivity index (χ4v) is 3.70. The number of nitrogens with one attached hydrogen (secondary N) is 1. The van der Waals surface area contributed by atoms with Crippen LogP contribution in [-0.4, -0.2) is 26.8 Å². The maximum absolute atomic E-state index is 14.7. The number of benzene rings is 3. The molecule has 0 saturated heterocycles. The fourth-order valence-electron chi connectivity index (χ4n) is 3.70. The number of carbonyl (C=O) groups is 1. The SMILES string of the molecule is Cc1ccccc1-c1ccc(-c2nc(-c3ccc(CNC(C)(C)C(=O)O)c(F)c3)no2)cc1C(F)(F)F.Cl. The van der Waals surface area contributed by atoms with Crippen molar-refractivity contribution in [3.63, 3.8) is 0 Å². The summed E-state index contributed by atoms with van der Waals surface area (Å²) in [6.45, 7) is 4.62. The monoisotopic (exact) mass is 549 g/mol. The number of nitrogens with zero attached hydrogens (tertiary/aromatic N) is 2. The van der Waals surface area contributed by atoms with Crippen LogP contribution in [0.5, 0.6) is 0 Å². The second-order valence-corrected chi connectivity index (χ2v) is 9.09. The second kappa shape index (κ2) is 10.9. The molecule has 38 heavy (non-hydrogen) atoms. The van der Waals surface area contributed by atoms with E-state index in [4.69, 9.17) is 4.52 Å². The highest BCUT2D eigenvalue weighted by atomic mass is 35.5. The lowest BCUT2D eigenvalue weighted by atomic mass is 9.94. The molecule has 11 heteroatoms. The Morgan fingerprint density at radius 3 is 2.32 bits per heavy atom. The molecule has 2 N–H and O–H groups in total. The molecule has 0 bridgehead atoms. The maximum atomic E-state index is 14.7. The Hall–Kier alpha value is -3.76. The van der Waals surface area contributed by atoms with E-state index in [-0.39, 0.29) is 52.9 Å². The molecule has 0 amide bonds. The zero-order valence-corrected chi connectivity index (χ0v) is 21.4. The van der Waals surface area contributed by atoms with Crippen LogP contribution in [0.4, 0.5) is 17.6 Å². The predicted molar refractivity (Wildman–Crippen MR) is 136 cm³/mol. The molecule has 3 aromatic carbocycles. The molecule has 0 aliphatic carbocycles. The maximum Gasteiger partial charge on any atom is 0.417 e. The largest absolute Gasteiger partial charge is 0.480 e. The molecule has 1 aromatic heterocycles. The first kappa shape index (κ1) is 28.8. The van der Waals surface area contributed by atoms with Crippen molar-refractivity contribution in [2.24, 2.45) is 0 Å². The molecule has 4 rings (SSSR count). The van der Waals surface area contributed by atoms with Crippen molar-refractivity contribution in [1.29, 1.82) is 0 Å². The highest BCUT2D eigenvalue weighted by Crippen LogP contribution is 2.40. The van der Waals surface area contributed by atoms with Gasteiger partial charge in [-0.05, 0) is 55.7 Å². The van der Waals surface area contributed by atoms with Crippen LogP contribution in [0.1, 0.15) is 30.5 Å². The molecule has 0 spiro atoms. The van der Waals surface area contributed by atoms with E-state index in [1.54, 1.807) is 31.2 Å². The van der Waals surface area contributed by atoms with Crippen molar-refractivity contribution in [1.82, 2.24) is 15.5 Å². The van der Waals surface area contributed by atoms with Crippen molar-refractivity contribution >= 4 is 18.4 Å². The Morgan fingerprint density at radius 2 is 1.68 bits per heavy atom. The van der Waals surface area contributed by atoms with Gasteiger partial charge >= 0.3 is 12.1 Å². The standard InChI is InChI=1S/C27H23F4N3O3.ClH/c1-15-6-4-5-7-19(15)20-11-10-17(12-21(20)27(29,30)31)24-33-23(34-37-24)16-8-9-18(22(28)13-16)14-32-26(2,3)25(35)36;/h4-13,32H,14H2,1-3H3,(H,35,36);1H. The van der Waals surface area contributed by atoms with Crippen LogP contribution in [0.3, 0.4) is 0 Å². The first-order chi connectivity index (χ1) is 17.4. The van der Waals surface area contributed by atoms with Gasteiger partial charge in [0.05, 0.1) is 5.56 Å². The number of carboxylic acids is 1. The first-order valence-corrected chi connectivity index (χ1v) is 11.3. The summed E-state index contributed by atoms with van der Waals surface area (Å²) in [5, 5.41) is 15.7. The summed E-state index contributed by atoms with van der Waals surface area (Å²) >= 11 is 0. The average Bonchev–Trinajstić information content (AvgIpc) is 3.33. The predicted octanol–water partition coefficient (Wildman–Crippen LogP) is 6.91. The molecule has 1 heterocycles. The molecule has 200 valence electrons. The van der Waals surface area contributed by atoms with E-state index in [9.17, 15) is 27.5 Å². The summed E-state index contributed by atoms with van der Waals surface area (Å²) in [6.07, 6.45) is -4.63. The average molecular weight is 550 g/mol. The fraction of sp³-hybridized carbons (Fsp3) is 0.222. The minimum absolute atomic E-state index is 0. The van der Waals surface area contributed by atoms with Crippen LogP contribution in [0, 0.1) is 12.7 Å². The van der Waals surface area contributed by atoms with Crippen LogP contribution in [0.15, 0.2) is 65.2 Å². The molecule has 0 atom stereocenters. The lowest BCUT2D eigenvalue weighted by Crippen LogP contribution is -2.46. The molecular formula is C27H24ClF4N3O3. The quantitative estimate of drug-likeness (QED) is 0.243. The molecule has 0 saturated carbocycles. The van der Waals surface area contributed by atoms with Gasteiger partial charge in [0, 0.05) is 23.2 Å². The number of rotatable bonds is 7. The van der Waals surface area contributed by atoms with E-state index >= 15 is 0 Å². The Labute approximate surface area is 222 Å². The summed E-state index contributed by atoms with van der Waals surface area (Å²) in [5.74, 6) is -1.86. The van der Waals surface area contributed by atoms with Gasteiger partial charge in [0.15, 0.2) is 0 Å². The lowest BCUT2D eigenvalue weighted by Gasteiger charge is -2.21. The summed E-state index contributed by atoms with van der Waals surface area (Å²) < 4.78 is 61.7. The van der Waals surface area contributed by atoms with Crippen LogP contribution in [0.25, 0.3) is 34.0 Å². The van der Waals surface area contributed by atoms with Gasteiger partial charge in [-0.15, -0.1) is 12.4 Å². The van der Waals surface area contributed by atoms with Crippen molar-refractivity contribution in [2.45, 2.75) is 39.0 Å². The number of aryl methyl sites for hydroxylation is 1. The van der Waals surface area contributed by atoms with Crippen molar-refractivity contribution in [3.05, 3.63) is 83.2 Å². The first-order valence-electron chi connectivity index (χ1n) is 11.3. The topological polar surface area (TPSA) is 88.2 Å². The number of carboxylic acid groups (broad SMARTS) is 1. The number of hydrogen-bond acceptors (Lipinski definition) is 5. The number of aliphatic carboxylic acids is 1. The second-order valence-electron chi connectivity index (χ2n) is 9.09. The van der Waals surface area contributed by atoms with Crippen molar-refractivity contribution < 1.29 is 32.0 Å². The Balaban J connectivity index is 0.00000400. The molecule has 6 nitrogen and oxygen atoms in total. The van der Waals surface area contributed by atoms with Crippen molar-refractivity contribution in [2.75, 3.05) is 0 Å². The van der Waals surface area contributed by atoms with E-state index in [1.165, 1.54) is 38.1 Å². The van der Waals surface area contributed by atoms with Gasteiger partial charge in [-0.3, -0.25) is 10.1 Å². The molecule has 0 unspecified atom stereocenters. The summed E-state index contributed by atoms with van der Waals surface area (Å²) in [6, 6.07) is 14.7. The highest BCUT2D eigenvalue weighted by Gasteiger charge is 2.35. The van der Waals surface area contributed by atoms with E-state index in [1.807, 2.05) is 0 Å². The zero-order chi connectivity index (χ0) is 27.0. The van der Waals surface area contributed by atoms with Gasteiger partial charge in [0.2, 0.25) is 5.82 Å². The Bertz CT molecular complexity index is 1470. The minimum Gasteiger partial charge on any atom is -0.480 e. The zero-order valence-electron chi connectivity index (χ0n) is 20.6. The Kier molecular flexibility index (Phi) is 8.28. The van der Waals surface area contributed by atoms with Crippen LogP contribution in [-0.2, 0) is 17.5 Å². The molecular weight excluding hydrogens is 526 g/mol. The highest BCUT2D eigenvalue weighted by molar-refractivity contribution is 5.85. The summed E-state index contributed by atoms with van der Waals surface area (Å²) in [5.41, 5.74) is -0.349. The minimum atomic E-state index is -4.63. The lowest BCUT2D eigenvalue weighted by molar-refractivity contribution is -0.143. The van der Waals surface area contributed by atoms with Crippen LogP contribution in [0.2, 0.25) is 0 Å². The van der Waals surface area contributed by atoms with E-state index in [0.717, 1.165) is 12.1 Å². The molecule has 4 aromatic rings. The third-order valence-electron chi connectivity index (χ3n) is 6.00. The van der Waals surface area contributed by atoms with Gasteiger partial charge < -0.3 is 9.63 Å². The van der Waals surface area contributed by atoms with Gasteiger partial charge in [-0.25, -0.2) is 4.39 Å². The number of hydrogen-bond donors (Lipinski definition) is 2. The molecule has 0 fully saturated rings. The van der Waals surface area contributed by atoms with Gasteiger partial charge in [-0.2, -0.15) is 18.2 Å². The summed E-state index contributed by atoms with van der Waals surface area (Å²) in [7, 11) is 0. The van der Waals surface area contributed by atoms with E-state index < -0.39 is 29.1 Å².